The van der Waals surface area contributed by atoms with Crippen LogP contribution in [0.1, 0.15) is 25.3 Å². The minimum Gasteiger partial charge on any atom is -0.360 e. The van der Waals surface area contributed by atoms with Crippen LogP contribution in [0.3, 0.4) is 0 Å². The van der Waals surface area contributed by atoms with Crippen molar-refractivity contribution in [1.29, 1.82) is 0 Å². The number of benzene rings is 2. The van der Waals surface area contributed by atoms with E-state index >= 15 is 0 Å². The Bertz CT molecular complexity index is 875. The zero-order chi connectivity index (χ0) is 15.0. The van der Waals surface area contributed by atoms with Crippen molar-refractivity contribution in [3.63, 3.8) is 0 Å². The smallest absolute Gasteiger partial charge is 0.208 e. The van der Waals surface area contributed by atoms with E-state index in [1.54, 1.807) is 18.3 Å². The van der Waals surface area contributed by atoms with Gasteiger partial charge in [0.1, 0.15) is 0 Å². The summed E-state index contributed by atoms with van der Waals surface area (Å²) in [5.74, 6) is 0.384. The van der Waals surface area contributed by atoms with Crippen molar-refractivity contribution in [2.45, 2.75) is 29.6 Å². The molecule has 0 aliphatic carbocycles. The molecule has 0 aliphatic rings. The fourth-order valence-electron chi connectivity index (χ4n) is 2.43. The lowest BCUT2D eigenvalue weighted by Gasteiger charge is -2.07. The molecule has 108 valence electrons. The Morgan fingerprint density at radius 2 is 1.62 bits per heavy atom. The summed E-state index contributed by atoms with van der Waals surface area (Å²) in [5.41, 5.74) is 1.96. The molecule has 4 heteroatoms. The lowest BCUT2D eigenvalue weighted by atomic mass is 10.0. The van der Waals surface area contributed by atoms with E-state index < -0.39 is 9.84 Å². The van der Waals surface area contributed by atoms with Crippen LogP contribution in [-0.2, 0) is 9.84 Å². The van der Waals surface area contributed by atoms with Gasteiger partial charge in [0.2, 0.25) is 9.84 Å². The van der Waals surface area contributed by atoms with Crippen molar-refractivity contribution in [2.24, 2.45) is 0 Å². The molecule has 0 atom stereocenters. The van der Waals surface area contributed by atoms with Crippen LogP contribution in [0.25, 0.3) is 10.9 Å². The Labute approximate surface area is 124 Å². The largest absolute Gasteiger partial charge is 0.360 e. The predicted molar refractivity (Wildman–Crippen MR) is 84.3 cm³/mol. The second-order valence-electron chi connectivity index (χ2n) is 5.43. The van der Waals surface area contributed by atoms with Gasteiger partial charge in [-0.15, -0.1) is 0 Å². The van der Waals surface area contributed by atoms with Crippen molar-refractivity contribution in [3.05, 3.63) is 60.3 Å². The van der Waals surface area contributed by atoms with Crippen molar-refractivity contribution < 1.29 is 8.42 Å². The zero-order valence-electron chi connectivity index (χ0n) is 12.0. The third-order valence-corrected chi connectivity index (χ3v) is 5.51. The molecule has 1 heterocycles. The van der Waals surface area contributed by atoms with Gasteiger partial charge in [0.05, 0.1) is 9.79 Å². The minimum atomic E-state index is -3.50. The molecule has 0 bridgehead atoms. The molecule has 1 aromatic heterocycles. The zero-order valence-corrected chi connectivity index (χ0v) is 12.8. The highest BCUT2D eigenvalue weighted by molar-refractivity contribution is 7.91. The predicted octanol–water partition coefficient (Wildman–Crippen LogP) is 4.12. The van der Waals surface area contributed by atoms with E-state index in [4.69, 9.17) is 0 Å². The summed E-state index contributed by atoms with van der Waals surface area (Å²) in [4.78, 5) is 3.67. The molecule has 21 heavy (non-hydrogen) atoms. The molecule has 3 aromatic rings. The third kappa shape index (κ3) is 2.36. The van der Waals surface area contributed by atoms with E-state index in [1.165, 1.54) is 0 Å². The number of hydrogen-bond acceptors (Lipinski definition) is 2. The Morgan fingerprint density at radius 3 is 2.29 bits per heavy atom. The number of sulfone groups is 1. The molecule has 3 rings (SSSR count). The fourth-order valence-corrected chi connectivity index (χ4v) is 3.86. The van der Waals surface area contributed by atoms with Crippen LogP contribution in [0.15, 0.2) is 64.5 Å². The maximum atomic E-state index is 12.8. The average Bonchev–Trinajstić information content (AvgIpc) is 2.92. The topological polar surface area (TPSA) is 49.9 Å². The fraction of sp³-hybridized carbons (Fsp3) is 0.176. The molecule has 0 spiro atoms. The normalized spacial score (nSPS) is 12.1. The molecule has 0 saturated heterocycles. The van der Waals surface area contributed by atoms with Gasteiger partial charge in [0.15, 0.2) is 0 Å². The van der Waals surface area contributed by atoms with Crippen molar-refractivity contribution in [1.82, 2.24) is 4.98 Å². The lowest BCUT2D eigenvalue weighted by Crippen LogP contribution is -2.01. The van der Waals surface area contributed by atoms with Crippen LogP contribution in [-0.4, -0.2) is 13.4 Å². The number of aromatic amines is 1. The second-order valence-corrected chi connectivity index (χ2v) is 7.34. The summed E-state index contributed by atoms with van der Waals surface area (Å²) in [6.45, 7) is 4.17. The van der Waals surface area contributed by atoms with Gasteiger partial charge >= 0.3 is 0 Å². The van der Waals surface area contributed by atoms with Crippen LogP contribution in [0, 0.1) is 0 Å². The third-order valence-electron chi connectivity index (χ3n) is 3.70. The summed E-state index contributed by atoms with van der Waals surface area (Å²) >= 11 is 0. The molecule has 0 radical (unpaired) electrons. The Morgan fingerprint density at radius 1 is 0.952 bits per heavy atom. The Hall–Kier alpha value is -2.07. The van der Waals surface area contributed by atoms with Gasteiger partial charge < -0.3 is 4.98 Å². The number of H-pyrrole nitrogens is 1. The number of rotatable bonds is 3. The molecule has 3 nitrogen and oxygen atoms in total. The highest BCUT2D eigenvalue weighted by Crippen LogP contribution is 2.28. The van der Waals surface area contributed by atoms with Crippen LogP contribution < -0.4 is 0 Å². The first-order valence-corrected chi connectivity index (χ1v) is 8.39. The summed E-state index contributed by atoms with van der Waals surface area (Å²) in [6, 6.07) is 14.6. The van der Waals surface area contributed by atoms with Crippen molar-refractivity contribution in [3.8, 4) is 0 Å². The monoisotopic (exact) mass is 299 g/mol. The molecular weight excluding hydrogens is 282 g/mol. The molecule has 0 fully saturated rings. The summed E-state index contributed by atoms with van der Waals surface area (Å²) in [6.07, 6.45) is 1.57. The van der Waals surface area contributed by atoms with E-state index in [1.807, 2.05) is 36.4 Å². The minimum absolute atomic E-state index is 0.329. The standard InChI is InChI=1S/C17H17NO2S/c1-12(2)13-7-9-14(10-8-13)21(19,20)17-11-18-16-6-4-3-5-15(16)17/h3-12,18H,1-2H3. The highest BCUT2D eigenvalue weighted by Gasteiger charge is 2.21. The van der Waals surface area contributed by atoms with E-state index in [0.29, 0.717) is 15.7 Å². The van der Waals surface area contributed by atoms with Gasteiger partial charge in [-0.2, -0.15) is 0 Å². The molecule has 0 unspecified atom stereocenters. The van der Waals surface area contributed by atoms with Gasteiger partial charge in [-0.1, -0.05) is 44.2 Å². The first kappa shape index (κ1) is 13.9. The highest BCUT2D eigenvalue weighted by atomic mass is 32.2. The van der Waals surface area contributed by atoms with Crippen LogP contribution >= 0.6 is 0 Å². The number of nitrogens with one attached hydrogen (secondary N) is 1. The first-order chi connectivity index (χ1) is 10.00. The van der Waals surface area contributed by atoms with E-state index in [0.717, 1.165) is 16.5 Å². The van der Waals surface area contributed by atoms with Crippen molar-refractivity contribution >= 4 is 20.7 Å². The number of fused-ring (bicyclic) bond motifs is 1. The maximum Gasteiger partial charge on any atom is 0.208 e. The van der Waals surface area contributed by atoms with Gasteiger partial charge in [0, 0.05) is 17.1 Å². The van der Waals surface area contributed by atoms with E-state index in [9.17, 15) is 8.42 Å². The van der Waals surface area contributed by atoms with E-state index in [2.05, 4.69) is 18.8 Å². The van der Waals surface area contributed by atoms with E-state index in [-0.39, 0.29) is 0 Å². The van der Waals surface area contributed by atoms with Gasteiger partial charge in [0.25, 0.3) is 0 Å². The van der Waals surface area contributed by atoms with Crippen LogP contribution in [0.4, 0.5) is 0 Å². The maximum absolute atomic E-state index is 12.8. The lowest BCUT2D eigenvalue weighted by molar-refractivity contribution is 0.597. The molecule has 1 N–H and O–H groups in total. The van der Waals surface area contributed by atoms with Gasteiger partial charge in [-0.3, -0.25) is 0 Å². The summed E-state index contributed by atoms with van der Waals surface area (Å²) in [7, 11) is -3.50. The quantitative estimate of drug-likeness (QED) is 0.790. The Balaban J connectivity index is 2.12. The van der Waals surface area contributed by atoms with Crippen molar-refractivity contribution in [2.75, 3.05) is 0 Å². The summed E-state index contributed by atoms with van der Waals surface area (Å²) in [5, 5.41) is 0.727. The van der Waals surface area contributed by atoms with Gasteiger partial charge in [-0.25, -0.2) is 8.42 Å². The Kier molecular flexibility index (Phi) is 3.33. The molecule has 0 amide bonds. The molecular formula is C17H17NO2S. The first-order valence-electron chi connectivity index (χ1n) is 6.91. The second kappa shape index (κ2) is 5.04. The van der Waals surface area contributed by atoms with Crippen LogP contribution in [0.2, 0.25) is 0 Å². The number of hydrogen-bond donors (Lipinski definition) is 1. The molecule has 0 aliphatic heterocycles. The molecule has 0 saturated carbocycles. The average molecular weight is 299 g/mol. The number of aromatic nitrogens is 1. The molecule has 2 aromatic carbocycles. The van der Waals surface area contributed by atoms with Crippen LogP contribution in [0.5, 0.6) is 0 Å². The SMILES string of the molecule is CC(C)c1ccc(S(=O)(=O)c2c[nH]c3ccccc23)cc1. The number of para-hydroxylation sites is 1. The van der Waals surface area contributed by atoms with Gasteiger partial charge in [-0.05, 0) is 29.7 Å². The summed E-state index contributed by atoms with van der Waals surface area (Å²) < 4.78 is 25.5.